The molecule has 0 fully saturated rings. The number of carbonyl (C=O) groups is 2. The molecule has 11 nitrogen and oxygen atoms in total. The number of benzene rings is 6. The summed E-state index contributed by atoms with van der Waals surface area (Å²) in [6.07, 6.45) is 3.36. The summed E-state index contributed by atoms with van der Waals surface area (Å²) < 4.78 is 3.37. The second-order valence-electron chi connectivity index (χ2n) is 15.5. The van der Waals surface area contributed by atoms with E-state index in [9.17, 15) is 9.59 Å². The van der Waals surface area contributed by atoms with Crippen LogP contribution in [0.1, 0.15) is 31.8 Å². The van der Waals surface area contributed by atoms with Crippen LogP contribution in [0.2, 0.25) is 10.3 Å². The molecule has 0 radical (unpaired) electrons. The molecule has 0 saturated carbocycles. The summed E-state index contributed by atoms with van der Waals surface area (Å²) in [5.74, 6) is 0.804. The molecular formula is C54H44Cl2N8O3S2. The Bertz CT molecular complexity index is 3200. The summed E-state index contributed by atoms with van der Waals surface area (Å²) in [4.78, 5) is 36.9. The van der Waals surface area contributed by atoms with Gasteiger partial charge < -0.3 is 16.1 Å². The maximum Gasteiger partial charge on any atom is 0.256 e. The fourth-order valence-electron chi connectivity index (χ4n) is 7.54. The number of para-hydroxylation sites is 2. The predicted octanol–water partition coefficient (Wildman–Crippen LogP) is 12.8. The number of nitrogens with zero attached hydrogens (tertiary/aromatic N) is 6. The van der Waals surface area contributed by atoms with E-state index in [1.54, 1.807) is 45.3 Å². The van der Waals surface area contributed by atoms with Gasteiger partial charge >= 0.3 is 0 Å². The van der Waals surface area contributed by atoms with Crippen LogP contribution in [-0.4, -0.2) is 46.8 Å². The molecule has 0 bridgehead atoms. The molecule has 0 saturated heterocycles. The van der Waals surface area contributed by atoms with E-state index in [1.807, 2.05) is 184 Å². The molecule has 0 spiro atoms. The summed E-state index contributed by atoms with van der Waals surface area (Å²) in [5, 5.41) is 18.3. The molecular weight excluding hydrogens is 944 g/mol. The van der Waals surface area contributed by atoms with E-state index in [1.165, 1.54) is 0 Å². The van der Waals surface area contributed by atoms with E-state index in [-0.39, 0.29) is 17.3 Å². The quantitative estimate of drug-likeness (QED) is 0.115. The van der Waals surface area contributed by atoms with Gasteiger partial charge in [0.25, 0.3) is 11.8 Å². The molecule has 4 N–H and O–H groups in total. The lowest BCUT2D eigenvalue weighted by molar-refractivity contribution is 0.101. The first-order valence-electron chi connectivity index (χ1n) is 21.5. The van der Waals surface area contributed by atoms with Crippen LogP contribution >= 0.6 is 46.7 Å². The van der Waals surface area contributed by atoms with Crippen molar-refractivity contribution in [3.8, 4) is 22.5 Å². The van der Waals surface area contributed by atoms with Gasteiger partial charge in [0.05, 0.1) is 57.3 Å². The average molecular weight is 988 g/mol. The Morgan fingerprint density at radius 1 is 0.507 bits per heavy atom. The smallest absolute Gasteiger partial charge is 0.256 e. The van der Waals surface area contributed by atoms with Crippen LogP contribution < -0.4 is 10.6 Å². The van der Waals surface area contributed by atoms with Gasteiger partial charge in [-0.25, -0.2) is 0 Å². The highest BCUT2D eigenvalue weighted by Crippen LogP contribution is 2.37. The van der Waals surface area contributed by atoms with Crippen LogP contribution in [0.15, 0.2) is 192 Å². The van der Waals surface area contributed by atoms with Crippen molar-refractivity contribution in [3.63, 3.8) is 0 Å². The average Bonchev–Trinajstić information content (AvgIpc) is 3.83. The van der Waals surface area contributed by atoms with Crippen molar-refractivity contribution in [1.29, 1.82) is 0 Å². The lowest BCUT2D eigenvalue weighted by Crippen LogP contribution is -2.13. The SMILES string of the molecule is Cn1nc(-c2ccccc2)c(CSc2ccccc2C(=O)Nc2cnc3ccccc3c2)c1Cl.Cn1nc(-c2ccccc2)c(CSc2ccccc2C(=O)Nc2cnc3ccccc3c2)c1Cl.O. The number of rotatable bonds is 12. The van der Waals surface area contributed by atoms with Crippen molar-refractivity contribution in [2.24, 2.45) is 14.1 Å². The zero-order valence-electron chi connectivity index (χ0n) is 37.3. The highest BCUT2D eigenvalue weighted by Gasteiger charge is 2.21. The molecule has 10 aromatic rings. The molecule has 4 aromatic heterocycles. The topological polar surface area (TPSA) is 151 Å². The molecule has 4 heterocycles. The number of hydrogen-bond donors (Lipinski definition) is 2. The maximum atomic E-state index is 13.1. The minimum absolute atomic E-state index is 0. The lowest BCUT2D eigenvalue weighted by atomic mass is 10.1. The van der Waals surface area contributed by atoms with Crippen molar-refractivity contribution < 1.29 is 15.1 Å². The Labute approximate surface area is 417 Å². The largest absolute Gasteiger partial charge is 0.412 e. The number of thioether (sulfide) groups is 2. The number of anilines is 2. The van der Waals surface area contributed by atoms with E-state index in [0.29, 0.717) is 44.3 Å². The molecule has 0 atom stereocenters. The Hall–Kier alpha value is -7.26. The summed E-state index contributed by atoms with van der Waals surface area (Å²) in [6.45, 7) is 0. The molecule has 10 rings (SSSR count). The van der Waals surface area contributed by atoms with Crippen LogP contribution in [0.25, 0.3) is 44.3 Å². The summed E-state index contributed by atoms with van der Waals surface area (Å²) in [5.41, 5.74) is 9.89. The zero-order valence-corrected chi connectivity index (χ0v) is 40.5. The molecule has 15 heteroatoms. The van der Waals surface area contributed by atoms with E-state index in [2.05, 4.69) is 30.8 Å². The Morgan fingerprint density at radius 2 is 0.870 bits per heavy atom. The third-order valence-corrected chi connectivity index (χ3v) is 14.1. The second-order valence-corrected chi connectivity index (χ2v) is 18.3. The first-order chi connectivity index (χ1) is 33.2. The standard InChI is InChI=1S/2C27H21ClN4OS.H2O/c2*1-32-26(28)22(25(31-32)18-9-3-2-4-10-18)17-34-24-14-8-6-12-21(24)27(33)30-20-15-19-11-5-7-13-23(19)29-16-20;/h2*2-16H,17H2,1H3,(H,30,33);1H2. The van der Waals surface area contributed by atoms with Gasteiger partial charge in [-0.05, 0) is 48.5 Å². The first-order valence-corrected chi connectivity index (χ1v) is 24.2. The van der Waals surface area contributed by atoms with E-state index in [4.69, 9.17) is 23.2 Å². The van der Waals surface area contributed by atoms with Crippen LogP contribution in [0.5, 0.6) is 0 Å². The number of hydrogen-bond acceptors (Lipinski definition) is 8. The monoisotopic (exact) mass is 986 g/mol. The van der Waals surface area contributed by atoms with Gasteiger partial charge in [0, 0.05) is 68.4 Å². The molecule has 0 aliphatic rings. The van der Waals surface area contributed by atoms with Crippen molar-refractivity contribution in [1.82, 2.24) is 29.5 Å². The van der Waals surface area contributed by atoms with E-state index < -0.39 is 0 Å². The number of pyridine rings is 2. The van der Waals surface area contributed by atoms with E-state index in [0.717, 1.165) is 65.2 Å². The predicted molar refractivity (Wildman–Crippen MR) is 282 cm³/mol. The van der Waals surface area contributed by atoms with Crippen molar-refractivity contribution in [3.05, 3.63) is 215 Å². The number of aromatic nitrogens is 6. The zero-order chi connectivity index (χ0) is 47.0. The number of amides is 2. The lowest BCUT2D eigenvalue weighted by Gasteiger charge is -2.11. The van der Waals surface area contributed by atoms with E-state index >= 15 is 0 Å². The third-order valence-electron chi connectivity index (χ3n) is 10.9. The Kier molecular flexibility index (Phi) is 15.5. The minimum Gasteiger partial charge on any atom is -0.412 e. The summed E-state index contributed by atoms with van der Waals surface area (Å²) in [7, 11) is 3.67. The van der Waals surface area contributed by atoms with Crippen LogP contribution in [0.4, 0.5) is 11.4 Å². The molecule has 6 aromatic carbocycles. The fraction of sp³-hybridized carbons (Fsp3) is 0.0741. The second kappa shape index (κ2) is 22.2. The first kappa shape index (κ1) is 48.2. The summed E-state index contributed by atoms with van der Waals surface area (Å²) in [6, 6.07) is 54.6. The Balaban J connectivity index is 0.000000183. The van der Waals surface area contributed by atoms with Crippen LogP contribution in [-0.2, 0) is 25.6 Å². The van der Waals surface area contributed by atoms with Gasteiger partial charge in [0.1, 0.15) is 10.3 Å². The van der Waals surface area contributed by atoms with Crippen molar-refractivity contribution in [2.45, 2.75) is 21.3 Å². The number of nitrogens with one attached hydrogen (secondary N) is 2. The molecule has 0 aliphatic heterocycles. The highest BCUT2D eigenvalue weighted by atomic mass is 35.5. The van der Waals surface area contributed by atoms with Crippen molar-refractivity contribution >= 4 is 91.7 Å². The van der Waals surface area contributed by atoms with Gasteiger partial charge in [-0.3, -0.25) is 28.9 Å². The van der Waals surface area contributed by atoms with Gasteiger partial charge in [-0.1, -0.05) is 145 Å². The van der Waals surface area contributed by atoms with Crippen LogP contribution in [0, 0.1) is 0 Å². The highest BCUT2D eigenvalue weighted by molar-refractivity contribution is 7.98. The minimum atomic E-state index is -0.180. The molecule has 69 heavy (non-hydrogen) atoms. The number of halogens is 2. The molecule has 0 unspecified atom stereocenters. The number of fused-ring (bicyclic) bond motifs is 2. The molecule has 344 valence electrons. The van der Waals surface area contributed by atoms with Gasteiger partial charge in [-0.15, -0.1) is 23.5 Å². The summed E-state index contributed by atoms with van der Waals surface area (Å²) >= 11 is 16.3. The van der Waals surface area contributed by atoms with Gasteiger partial charge in [0.2, 0.25) is 0 Å². The Morgan fingerprint density at radius 3 is 1.29 bits per heavy atom. The van der Waals surface area contributed by atoms with Crippen LogP contribution in [0.3, 0.4) is 0 Å². The number of carbonyl (C=O) groups excluding carboxylic acids is 2. The fourth-order valence-corrected chi connectivity index (χ4v) is 10.2. The molecule has 0 aliphatic carbocycles. The molecule has 2 amide bonds. The normalized spacial score (nSPS) is 10.8. The maximum absolute atomic E-state index is 13.1. The van der Waals surface area contributed by atoms with Crippen molar-refractivity contribution in [2.75, 3.05) is 10.6 Å². The number of aryl methyl sites for hydroxylation is 2. The third kappa shape index (κ3) is 11.2. The van der Waals surface area contributed by atoms with Gasteiger partial charge in [-0.2, -0.15) is 10.2 Å². The van der Waals surface area contributed by atoms with Gasteiger partial charge in [0.15, 0.2) is 0 Å².